The van der Waals surface area contributed by atoms with E-state index in [4.69, 9.17) is 15.0 Å². The van der Waals surface area contributed by atoms with Crippen LogP contribution in [-0.4, -0.2) is 25.2 Å². The van der Waals surface area contributed by atoms with Crippen molar-refractivity contribution in [1.29, 1.82) is 0 Å². The van der Waals surface area contributed by atoms with Crippen molar-refractivity contribution in [2.45, 2.75) is 104 Å². The van der Waals surface area contributed by atoms with E-state index >= 15 is 0 Å². The molecule has 1 rings (SSSR count). The zero-order valence-electron chi connectivity index (χ0n) is 22.9. The van der Waals surface area contributed by atoms with Gasteiger partial charge in [-0.15, -0.1) is 0 Å². The van der Waals surface area contributed by atoms with Crippen molar-refractivity contribution < 1.29 is 24.5 Å². The van der Waals surface area contributed by atoms with E-state index in [-0.39, 0.29) is 13.2 Å². The first kappa shape index (κ1) is 20.1. The molecular formula is C26H42O4. The van der Waals surface area contributed by atoms with Gasteiger partial charge in [0.1, 0.15) is 0 Å². The molecule has 0 fully saturated rings. The average Bonchev–Trinajstić information content (AvgIpc) is 2.82. The van der Waals surface area contributed by atoms with Crippen molar-refractivity contribution in [2.75, 3.05) is 13.2 Å². The van der Waals surface area contributed by atoms with Crippen LogP contribution >= 0.6 is 0 Å². The predicted octanol–water partition coefficient (Wildman–Crippen LogP) is 7.50. The molecule has 1 aromatic rings. The van der Waals surface area contributed by atoms with Crippen LogP contribution in [0.15, 0.2) is 24.2 Å². The molecule has 0 aliphatic heterocycles. The van der Waals surface area contributed by atoms with E-state index in [2.05, 4.69) is 13.8 Å². The van der Waals surface area contributed by atoms with Gasteiger partial charge in [-0.3, -0.25) is 0 Å². The minimum Gasteiger partial charge on any atom is -0.462 e. The van der Waals surface area contributed by atoms with E-state index < -0.39 is 47.2 Å². The molecule has 0 aromatic heterocycles. The molecule has 0 amide bonds. The Morgan fingerprint density at radius 3 is 1.33 bits per heavy atom. The smallest absolute Gasteiger partial charge is 0.339 e. The van der Waals surface area contributed by atoms with E-state index in [1.54, 1.807) is 0 Å². The first-order valence-corrected chi connectivity index (χ1v) is 11.8. The van der Waals surface area contributed by atoms with Crippen molar-refractivity contribution in [3.8, 4) is 0 Å². The Balaban J connectivity index is 2.66. The fourth-order valence-corrected chi connectivity index (χ4v) is 3.21. The molecule has 0 atom stereocenters. The third-order valence-electron chi connectivity index (χ3n) is 5.06. The van der Waals surface area contributed by atoms with Gasteiger partial charge in [0.15, 0.2) is 0 Å². The fourth-order valence-electron chi connectivity index (χ4n) is 3.21. The molecule has 4 nitrogen and oxygen atoms in total. The number of benzene rings is 1. The second kappa shape index (κ2) is 18.0. The minimum absolute atomic E-state index is 0.137. The minimum atomic E-state index is -0.919. The topological polar surface area (TPSA) is 52.6 Å². The first-order chi connectivity index (χ1) is 16.4. The third-order valence-corrected chi connectivity index (χ3v) is 5.06. The number of ether oxygens (including phenoxy) is 2. The van der Waals surface area contributed by atoms with Gasteiger partial charge in [0.2, 0.25) is 0 Å². The van der Waals surface area contributed by atoms with Gasteiger partial charge in [-0.25, -0.2) is 9.59 Å². The molecule has 0 N–H and O–H groups in total. The van der Waals surface area contributed by atoms with Crippen LogP contribution in [0.1, 0.15) is 130 Å². The van der Waals surface area contributed by atoms with E-state index in [1.807, 2.05) is 0 Å². The predicted molar refractivity (Wildman–Crippen MR) is 123 cm³/mol. The lowest BCUT2D eigenvalue weighted by atomic mass is 10.1. The second-order valence-corrected chi connectivity index (χ2v) is 7.76. The monoisotopic (exact) mass is 422 g/mol. The molecular weight excluding hydrogens is 376 g/mol. The quantitative estimate of drug-likeness (QED) is 0.181. The van der Waals surface area contributed by atoms with Gasteiger partial charge < -0.3 is 9.47 Å². The Bertz CT molecular complexity index is 768. The van der Waals surface area contributed by atoms with Crippen LogP contribution in [0, 0.1) is 0 Å². The fraction of sp³-hybridized carbons (Fsp3) is 0.692. The Hall–Kier alpha value is -1.84. The summed E-state index contributed by atoms with van der Waals surface area (Å²) in [5, 5.41) is 0. The largest absolute Gasteiger partial charge is 0.462 e. The standard InChI is InChI=1S/C26H42O4/c1-3-5-7-9-10-11-12-14-18-22-30-26(28)24-20-16-15-19-23(24)25(27)29-21-17-13-8-6-4-2/h15-16,19-20H,3-14,17-18,21-22H2,1-2H3/i15D,16D,19D,20D. The van der Waals surface area contributed by atoms with Crippen LogP contribution in [0.4, 0.5) is 0 Å². The summed E-state index contributed by atoms with van der Waals surface area (Å²) in [7, 11) is 0. The molecule has 0 spiro atoms. The lowest BCUT2D eigenvalue weighted by molar-refractivity contribution is 0.0450. The van der Waals surface area contributed by atoms with Crippen molar-refractivity contribution in [2.24, 2.45) is 0 Å². The van der Waals surface area contributed by atoms with E-state index in [1.165, 1.54) is 32.1 Å². The van der Waals surface area contributed by atoms with E-state index in [0.717, 1.165) is 44.9 Å². The number of hydrogen-bond donors (Lipinski definition) is 0. The van der Waals surface area contributed by atoms with Gasteiger partial charge in [0, 0.05) is 0 Å². The first-order valence-electron chi connectivity index (χ1n) is 13.8. The molecule has 170 valence electrons. The average molecular weight is 423 g/mol. The van der Waals surface area contributed by atoms with Crippen molar-refractivity contribution in [3.05, 3.63) is 35.3 Å². The number of carbonyl (C=O) groups is 2. The molecule has 30 heavy (non-hydrogen) atoms. The van der Waals surface area contributed by atoms with Crippen LogP contribution in [0.2, 0.25) is 0 Å². The summed E-state index contributed by atoms with van der Waals surface area (Å²) in [6.45, 7) is 4.59. The Kier molecular flexibility index (Phi) is 12.0. The van der Waals surface area contributed by atoms with Gasteiger partial charge >= 0.3 is 11.9 Å². The number of rotatable bonds is 18. The zero-order chi connectivity index (χ0) is 25.3. The lowest BCUT2D eigenvalue weighted by Gasteiger charge is -2.10. The van der Waals surface area contributed by atoms with Gasteiger partial charge in [-0.05, 0) is 24.9 Å². The maximum absolute atomic E-state index is 12.7. The van der Waals surface area contributed by atoms with E-state index in [9.17, 15) is 9.59 Å². The Morgan fingerprint density at radius 2 is 0.967 bits per heavy atom. The SMILES string of the molecule is [2H]c1c([2H])c([2H])c(C(=O)OCCCCCCCCCCC)c(C(=O)OCCCCCCC)c1[2H]. The molecule has 0 radical (unpaired) electrons. The van der Waals surface area contributed by atoms with Crippen LogP contribution in [0.5, 0.6) is 0 Å². The van der Waals surface area contributed by atoms with Gasteiger partial charge in [-0.2, -0.15) is 0 Å². The van der Waals surface area contributed by atoms with Gasteiger partial charge in [-0.1, -0.05) is 103 Å². The van der Waals surface area contributed by atoms with Crippen LogP contribution in [0.25, 0.3) is 0 Å². The van der Waals surface area contributed by atoms with Crippen LogP contribution in [-0.2, 0) is 9.47 Å². The summed E-state index contributed by atoms with van der Waals surface area (Å²) < 4.78 is 42.5. The molecule has 0 saturated carbocycles. The second-order valence-electron chi connectivity index (χ2n) is 7.76. The third kappa shape index (κ3) is 12.0. The number of esters is 2. The number of carbonyl (C=O) groups excluding carboxylic acids is 2. The van der Waals surface area contributed by atoms with Gasteiger partial charge in [0.05, 0.1) is 29.8 Å². The summed E-state index contributed by atoms with van der Waals surface area (Å²) in [6.07, 6.45) is 14.9. The molecule has 0 aliphatic rings. The highest BCUT2D eigenvalue weighted by Crippen LogP contribution is 2.14. The Morgan fingerprint density at radius 1 is 0.633 bits per heavy atom. The normalized spacial score (nSPS) is 12.6. The highest BCUT2D eigenvalue weighted by Gasteiger charge is 2.18. The number of unbranched alkanes of at least 4 members (excludes halogenated alkanes) is 12. The molecule has 0 saturated heterocycles. The Labute approximate surface area is 189 Å². The summed E-state index contributed by atoms with van der Waals surface area (Å²) in [6, 6.07) is -2.30. The highest BCUT2D eigenvalue weighted by molar-refractivity contribution is 6.03. The zero-order valence-corrected chi connectivity index (χ0v) is 18.9. The maximum Gasteiger partial charge on any atom is 0.339 e. The van der Waals surface area contributed by atoms with Crippen molar-refractivity contribution in [1.82, 2.24) is 0 Å². The number of hydrogen-bond acceptors (Lipinski definition) is 4. The summed E-state index contributed by atoms with van der Waals surface area (Å²) >= 11 is 0. The summed E-state index contributed by atoms with van der Waals surface area (Å²) in [5.74, 6) is -1.83. The summed E-state index contributed by atoms with van der Waals surface area (Å²) in [5.41, 5.74) is -0.894. The van der Waals surface area contributed by atoms with E-state index in [0.29, 0.717) is 12.8 Å². The van der Waals surface area contributed by atoms with Crippen molar-refractivity contribution in [3.63, 3.8) is 0 Å². The lowest BCUT2D eigenvalue weighted by Crippen LogP contribution is -2.15. The molecule has 0 aliphatic carbocycles. The highest BCUT2D eigenvalue weighted by atomic mass is 16.5. The molecule has 0 heterocycles. The molecule has 4 heteroatoms. The van der Waals surface area contributed by atoms with Crippen LogP contribution < -0.4 is 0 Å². The van der Waals surface area contributed by atoms with Crippen molar-refractivity contribution >= 4 is 11.9 Å². The summed E-state index contributed by atoms with van der Waals surface area (Å²) in [4.78, 5) is 25.4. The van der Waals surface area contributed by atoms with Crippen LogP contribution in [0.3, 0.4) is 0 Å². The maximum atomic E-state index is 12.7. The molecule has 0 bridgehead atoms. The molecule has 0 unspecified atom stereocenters. The molecule has 1 aromatic carbocycles. The van der Waals surface area contributed by atoms with Gasteiger partial charge in [0.25, 0.3) is 0 Å².